The molecule has 5 rings (SSSR count). The van der Waals surface area contributed by atoms with Crippen LogP contribution in [-0.2, 0) is 17.7 Å². The molecule has 1 aliphatic heterocycles. The Morgan fingerprint density at radius 2 is 2.18 bits per heavy atom. The number of nitrogens with one attached hydrogen (secondary N) is 2. The number of nitrogens with zero attached hydrogens (tertiary/aromatic N) is 3. The molecule has 1 amide bonds. The Morgan fingerprint density at radius 3 is 2.96 bits per heavy atom. The fourth-order valence-electron chi connectivity index (χ4n) is 4.30. The molecule has 3 aromatic rings. The van der Waals surface area contributed by atoms with Crippen LogP contribution in [0.4, 0.5) is 0 Å². The highest BCUT2D eigenvalue weighted by Gasteiger charge is 2.29. The molecule has 7 nitrogen and oxygen atoms in total. The van der Waals surface area contributed by atoms with Crippen molar-refractivity contribution in [3.8, 4) is 0 Å². The molecule has 3 heterocycles. The molecule has 0 bridgehead atoms. The third kappa shape index (κ3) is 2.90. The standard InChI is InChI=1S/C21H25N5O2/c1-11-8-16-19(12(2)28-11)24-25-20(16)21(27)22-10-14-4-7-18-17(9-14)23-13(3)26(18)15-5-6-15/h4,7,9,11-12,15H,5-6,8,10H2,1-3H3,(H,22,27)(H,24,25)/t11-,12+/m1/s1. The van der Waals surface area contributed by atoms with Crippen LogP contribution in [0, 0.1) is 6.92 Å². The summed E-state index contributed by atoms with van der Waals surface area (Å²) in [5.74, 6) is 0.908. The van der Waals surface area contributed by atoms with Crippen LogP contribution >= 0.6 is 0 Å². The predicted molar refractivity (Wildman–Crippen MR) is 105 cm³/mol. The van der Waals surface area contributed by atoms with Crippen LogP contribution in [0.2, 0.25) is 0 Å². The van der Waals surface area contributed by atoms with Gasteiger partial charge in [-0.1, -0.05) is 6.07 Å². The van der Waals surface area contributed by atoms with Gasteiger partial charge in [0.15, 0.2) is 5.69 Å². The minimum absolute atomic E-state index is 0.0694. The average Bonchev–Trinajstić information content (AvgIpc) is 3.30. The molecular weight excluding hydrogens is 354 g/mol. The summed E-state index contributed by atoms with van der Waals surface area (Å²) in [6, 6.07) is 6.86. The lowest BCUT2D eigenvalue weighted by Gasteiger charge is -2.25. The highest BCUT2D eigenvalue weighted by atomic mass is 16.5. The summed E-state index contributed by atoms with van der Waals surface area (Å²) in [5.41, 5.74) is 5.57. The van der Waals surface area contributed by atoms with Gasteiger partial charge in [0, 0.05) is 24.6 Å². The molecule has 2 N–H and O–H groups in total. The summed E-state index contributed by atoms with van der Waals surface area (Å²) >= 11 is 0. The summed E-state index contributed by atoms with van der Waals surface area (Å²) in [7, 11) is 0. The van der Waals surface area contributed by atoms with Crippen LogP contribution in [0.1, 0.15) is 72.0 Å². The van der Waals surface area contributed by atoms with E-state index >= 15 is 0 Å². The van der Waals surface area contributed by atoms with E-state index in [9.17, 15) is 4.79 Å². The van der Waals surface area contributed by atoms with Crippen molar-refractivity contribution < 1.29 is 9.53 Å². The number of aryl methyl sites for hydroxylation is 1. The highest BCUT2D eigenvalue weighted by molar-refractivity contribution is 5.94. The Bertz CT molecular complexity index is 1060. The maximum atomic E-state index is 12.7. The third-order valence-electron chi connectivity index (χ3n) is 5.74. The Labute approximate surface area is 163 Å². The largest absolute Gasteiger partial charge is 0.369 e. The lowest BCUT2D eigenvalue weighted by molar-refractivity contribution is -0.00697. The van der Waals surface area contributed by atoms with Crippen molar-refractivity contribution in [2.24, 2.45) is 0 Å². The van der Waals surface area contributed by atoms with E-state index in [2.05, 4.69) is 45.2 Å². The van der Waals surface area contributed by atoms with Gasteiger partial charge in [0.1, 0.15) is 5.82 Å². The van der Waals surface area contributed by atoms with Crippen molar-refractivity contribution >= 4 is 16.9 Å². The van der Waals surface area contributed by atoms with E-state index in [1.54, 1.807) is 0 Å². The van der Waals surface area contributed by atoms with Crippen molar-refractivity contribution in [1.82, 2.24) is 25.1 Å². The first-order chi connectivity index (χ1) is 13.5. The lowest BCUT2D eigenvalue weighted by atomic mass is 9.99. The lowest BCUT2D eigenvalue weighted by Crippen LogP contribution is -2.27. The van der Waals surface area contributed by atoms with E-state index in [-0.39, 0.29) is 18.1 Å². The number of hydrogen-bond donors (Lipinski definition) is 2. The average molecular weight is 379 g/mol. The molecule has 1 aliphatic carbocycles. The zero-order valence-corrected chi connectivity index (χ0v) is 16.5. The second-order valence-electron chi connectivity index (χ2n) is 8.02. The summed E-state index contributed by atoms with van der Waals surface area (Å²) in [6.07, 6.45) is 3.18. The molecule has 2 aromatic heterocycles. The normalized spacial score (nSPS) is 21.7. The monoisotopic (exact) mass is 379 g/mol. The maximum Gasteiger partial charge on any atom is 0.272 e. The Hall–Kier alpha value is -2.67. The molecule has 1 aromatic carbocycles. The van der Waals surface area contributed by atoms with Gasteiger partial charge in [0.25, 0.3) is 5.91 Å². The van der Waals surface area contributed by atoms with Gasteiger partial charge in [0.2, 0.25) is 0 Å². The number of H-pyrrole nitrogens is 1. The van der Waals surface area contributed by atoms with Crippen LogP contribution in [0.5, 0.6) is 0 Å². The fraction of sp³-hybridized carbons (Fsp3) is 0.476. The SMILES string of the molecule is Cc1nc2cc(CNC(=O)c3n[nH]c4c3C[C@@H](C)O[C@H]4C)ccc2n1C1CC1. The van der Waals surface area contributed by atoms with Crippen molar-refractivity contribution in [2.45, 2.75) is 64.8 Å². The summed E-state index contributed by atoms with van der Waals surface area (Å²) in [5, 5.41) is 10.2. The van der Waals surface area contributed by atoms with Gasteiger partial charge in [-0.2, -0.15) is 5.10 Å². The molecule has 0 spiro atoms. The number of aromatic nitrogens is 4. The molecule has 0 unspecified atom stereocenters. The van der Waals surface area contributed by atoms with Crippen molar-refractivity contribution in [3.63, 3.8) is 0 Å². The van der Waals surface area contributed by atoms with Crippen molar-refractivity contribution in [3.05, 3.63) is 46.5 Å². The van der Waals surface area contributed by atoms with E-state index in [0.29, 0.717) is 24.7 Å². The Balaban J connectivity index is 1.33. The minimum atomic E-state index is -0.154. The molecule has 28 heavy (non-hydrogen) atoms. The number of imidazole rings is 1. The molecular formula is C21H25N5O2. The first kappa shape index (κ1) is 17.4. The molecule has 7 heteroatoms. The third-order valence-corrected chi connectivity index (χ3v) is 5.74. The number of aromatic amines is 1. The topological polar surface area (TPSA) is 84.8 Å². The van der Waals surface area contributed by atoms with Crippen LogP contribution in [0.15, 0.2) is 18.2 Å². The second kappa shape index (κ2) is 6.44. The summed E-state index contributed by atoms with van der Waals surface area (Å²) in [4.78, 5) is 17.4. The summed E-state index contributed by atoms with van der Waals surface area (Å²) < 4.78 is 8.13. The minimum Gasteiger partial charge on any atom is -0.369 e. The predicted octanol–water partition coefficient (Wildman–Crippen LogP) is 3.35. The van der Waals surface area contributed by atoms with Gasteiger partial charge < -0.3 is 14.6 Å². The zero-order valence-electron chi connectivity index (χ0n) is 16.5. The zero-order chi connectivity index (χ0) is 19.4. The molecule has 146 valence electrons. The quantitative estimate of drug-likeness (QED) is 0.728. The second-order valence-corrected chi connectivity index (χ2v) is 8.02. The number of fused-ring (bicyclic) bond motifs is 2. The number of rotatable bonds is 4. The first-order valence-electron chi connectivity index (χ1n) is 9.99. The van der Waals surface area contributed by atoms with Gasteiger partial charge in [-0.05, 0) is 51.3 Å². The number of amides is 1. The van der Waals surface area contributed by atoms with E-state index < -0.39 is 0 Å². The van der Waals surface area contributed by atoms with Crippen molar-refractivity contribution in [1.29, 1.82) is 0 Å². The maximum absolute atomic E-state index is 12.7. The van der Waals surface area contributed by atoms with E-state index in [4.69, 9.17) is 9.72 Å². The highest BCUT2D eigenvalue weighted by Crippen LogP contribution is 2.38. The smallest absolute Gasteiger partial charge is 0.272 e. The Kier molecular flexibility index (Phi) is 4.01. The van der Waals surface area contributed by atoms with Crippen LogP contribution in [0.25, 0.3) is 11.0 Å². The summed E-state index contributed by atoms with van der Waals surface area (Å²) in [6.45, 7) is 6.51. The molecule has 2 atom stereocenters. The molecule has 1 fully saturated rings. The van der Waals surface area contributed by atoms with E-state index in [1.165, 1.54) is 18.4 Å². The number of carbonyl (C=O) groups is 1. The van der Waals surface area contributed by atoms with Crippen LogP contribution in [-0.4, -0.2) is 31.8 Å². The van der Waals surface area contributed by atoms with Gasteiger partial charge in [0.05, 0.1) is 28.9 Å². The molecule has 0 radical (unpaired) electrons. The number of carbonyl (C=O) groups excluding carboxylic acids is 1. The number of hydrogen-bond acceptors (Lipinski definition) is 4. The van der Waals surface area contributed by atoms with Gasteiger partial charge in [-0.25, -0.2) is 4.98 Å². The van der Waals surface area contributed by atoms with Crippen LogP contribution < -0.4 is 5.32 Å². The van der Waals surface area contributed by atoms with E-state index in [1.807, 2.05) is 13.8 Å². The molecule has 2 aliphatic rings. The Morgan fingerprint density at radius 1 is 1.36 bits per heavy atom. The van der Waals surface area contributed by atoms with Crippen LogP contribution in [0.3, 0.4) is 0 Å². The van der Waals surface area contributed by atoms with Gasteiger partial charge >= 0.3 is 0 Å². The first-order valence-corrected chi connectivity index (χ1v) is 9.99. The number of benzene rings is 1. The fourth-order valence-corrected chi connectivity index (χ4v) is 4.30. The van der Waals surface area contributed by atoms with E-state index in [0.717, 1.165) is 28.2 Å². The van der Waals surface area contributed by atoms with Gasteiger partial charge in [-0.3, -0.25) is 9.89 Å². The molecule has 1 saturated carbocycles. The number of ether oxygens (including phenoxy) is 1. The van der Waals surface area contributed by atoms with Gasteiger partial charge in [-0.15, -0.1) is 0 Å². The molecule has 0 saturated heterocycles. The van der Waals surface area contributed by atoms with Crippen molar-refractivity contribution in [2.75, 3.05) is 0 Å².